The van der Waals surface area contributed by atoms with Crippen molar-refractivity contribution in [3.63, 3.8) is 0 Å². The van der Waals surface area contributed by atoms with Crippen molar-refractivity contribution < 1.29 is 0 Å². The van der Waals surface area contributed by atoms with Crippen molar-refractivity contribution in [2.24, 2.45) is 7.05 Å². The Kier molecular flexibility index (Phi) is 3.56. The van der Waals surface area contributed by atoms with Crippen molar-refractivity contribution >= 4 is 0 Å². The Labute approximate surface area is 112 Å². The quantitative estimate of drug-likeness (QED) is 0.801. The lowest BCUT2D eigenvalue weighted by Gasteiger charge is -2.25. The van der Waals surface area contributed by atoms with Crippen LogP contribution in [-0.4, -0.2) is 55.9 Å². The molecule has 7 heteroatoms. The van der Waals surface area contributed by atoms with E-state index in [0.29, 0.717) is 0 Å². The van der Waals surface area contributed by atoms with Crippen LogP contribution >= 0.6 is 0 Å². The fourth-order valence-corrected chi connectivity index (χ4v) is 2.33. The molecular weight excluding hydrogens is 242 g/mol. The zero-order chi connectivity index (χ0) is 13.1. The van der Waals surface area contributed by atoms with Gasteiger partial charge in [0.05, 0.1) is 24.6 Å². The van der Waals surface area contributed by atoms with Gasteiger partial charge in [0, 0.05) is 51.5 Å². The lowest BCUT2D eigenvalue weighted by Crippen LogP contribution is -2.42. The Morgan fingerprint density at radius 3 is 2.79 bits per heavy atom. The van der Waals surface area contributed by atoms with E-state index in [-0.39, 0.29) is 0 Å². The summed E-state index contributed by atoms with van der Waals surface area (Å²) in [5, 5.41) is 15.9. The summed E-state index contributed by atoms with van der Waals surface area (Å²) in [6.07, 6.45) is 5.88. The molecule has 102 valence electrons. The highest BCUT2D eigenvalue weighted by Gasteiger charge is 2.12. The van der Waals surface area contributed by atoms with Crippen molar-refractivity contribution in [2.45, 2.75) is 13.1 Å². The molecule has 1 N–H and O–H groups in total. The van der Waals surface area contributed by atoms with Crippen molar-refractivity contribution in [1.29, 1.82) is 0 Å². The van der Waals surface area contributed by atoms with Crippen LogP contribution in [0.3, 0.4) is 0 Å². The third-order valence-electron chi connectivity index (χ3n) is 3.28. The molecule has 0 atom stereocenters. The second-order valence-corrected chi connectivity index (χ2v) is 4.96. The first-order chi connectivity index (χ1) is 9.29. The standard InChI is InChI=1S/C12H19N7/c1-17-7-11(6-14-17)8-19-10-12(15-16-19)9-18-4-2-13-3-5-18/h6-7,10,13H,2-5,8-9H2,1H3. The molecule has 0 unspecified atom stereocenters. The van der Waals surface area contributed by atoms with Crippen LogP contribution in [0.1, 0.15) is 11.3 Å². The molecule has 0 radical (unpaired) electrons. The number of piperazine rings is 1. The van der Waals surface area contributed by atoms with Crippen molar-refractivity contribution in [1.82, 2.24) is 35.0 Å². The van der Waals surface area contributed by atoms with E-state index in [4.69, 9.17) is 0 Å². The molecule has 1 aliphatic heterocycles. The zero-order valence-corrected chi connectivity index (χ0v) is 11.2. The van der Waals surface area contributed by atoms with E-state index in [0.717, 1.165) is 50.5 Å². The summed E-state index contributed by atoms with van der Waals surface area (Å²) in [5.74, 6) is 0. The van der Waals surface area contributed by atoms with E-state index in [2.05, 4.69) is 25.6 Å². The molecule has 3 rings (SSSR count). The summed E-state index contributed by atoms with van der Waals surface area (Å²) in [6, 6.07) is 0. The molecule has 3 heterocycles. The summed E-state index contributed by atoms with van der Waals surface area (Å²) >= 11 is 0. The molecule has 7 nitrogen and oxygen atoms in total. The van der Waals surface area contributed by atoms with Crippen LogP contribution < -0.4 is 5.32 Å². The van der Waals surface area contributed by atoms with Crippen LogP contribution in [0.2, 0.25) is 0 Å². The third-order valence-corrected chi connectivity index (χ3v) is 3.28. The average Bonchev–Trinajstić information content (AvgIpc) is 3.01. The van der Waals surface area contributed by atoms with E-state index in [1.165, 1.54) is 0 Å². The first kappa shape index (κ1) is 12.3. The number of aryl methyl sites for hydroxylation is 1. The largest absolute Gasteiger partial charge is 0.314 e. The highest BCUT2D eigenvalue weighted by atomic mass is 15.4. The summed E-state index contributed by atoms with van der Waals surface area (Å²) < 4.78 is 3.67. The van der Waals surface area contributed by atoms with Gasteiger partial charge in [-0.1, -0.05) is 5.21 Å². The SMILES string of the molecule is Cn1cc(Cn2cc(CN3CCNCC3)nn2)cn1. The Morgan fingerprint density at radius 1 is 1.21 bits per heavy atom. The molecule has 0 aromatic carbocycles. The molecule has 1 aliphatic rings. The Hall–Kier alpha value is -1.73. The van der Waals surface area contributed by atoms with Gasteiger partial charge in [0.1, 0.15) is 0 Å². The van der Waals surface area contributed by atoms with E-state index in [1.807, 2.05) is 30.3 Å². The molecule has 1 saturated heterocycles. The van der Waals surface area contributed by atoms with E-state index < -0.39 is 0 Å². The minimum atomic E-state index is 0.725. The molecular formula is C12H19N7. The topological polar surface area (TPSA) is 63.8 Å². The van der Waals surface area contributed by atoms with Crippen LogP contribution in [-0.2, 0) is 20.1 Å². The van der Waals surface area contributed by atoms with Gasteiger partial charge in [0.15, 0.2) is 0 Å². The van der Waals surface area contributed by atoms with Gasteiger partial charge in [-0.3, -0.25) is 9.58 Å². The fourth-order valence-electron chi connectivity index (χ4n) is 2.33. The molecule has 0 spiro atoms. The summed E-state index contributed by atoms with van der Waals surface area (Å²) in [7, 11) is 1.92. The maximum Gasteiger partial charge on any atom is 0.0967 e. The zero-order valence-electron chi connectivity index (χ0n) is 11.2. The fraction of sp³-hybridized carbons (Fsp3) is 0.583. The normalized spacial score (nSPS) is 16.9. The van der Waals surface area contributed by atoms with Gasteiger partial charge in [-0.15, -0.1) is 5.10 Å². The Morgan fingerprint density at radius 2 is 2.05 bits per heavy atom. The number of nitrogens with one attached hydrogen (secondary N) is 1. The molecule has 0 aliphatic carbocycles. The van der Waals surface area contributed by atoms with Gasteiger partial charge in [0.25, 0.3) is 0 Å². The Balaban J connectivity index is 1.59. The van der Waals surface area contributed by atoms with Gasteiger partial charge in [0.2, 0.25) is 0 Å². The lowest BCUT2D eigenvalue weighted by molar-refractivity contribution is 0.230. The second kappa shape index (κ2) is 5.50. The molecule has 2 aromatic rings. The van der Waals surface area contributed by atoms with Gasteiger partial charge < -0.3 is 5.32 Å². The predicted octanol–water partition coefficient (Wildman–Crippen LogP) is -0.535. The number of hydrogen-bond donors (Lipinski definition) is 1. The van der Waals surface area contributed by atoms with Crippen LogP contribution in [0.4, 0.5) is 0 Å². The maximum atomic E-state index is 4.24. The first-order valence-corrected chi connectivity index (χ1v) is 6.59. The van der Waals surface area contributed by atoms with Crippen LogP contribution in [0, 0.1) is 0 Å². The first-order valence-electron chi connectivity index (χ1n) is 6.59. The average molecular weight is 261 g/mol. The van der Waals surface area contributed by atoms with E-state index in [9.17, 15) is 0 Å². The van der Waals surface area contributed by atoms with Crippen LogP contribution in [0.25, 0.3) is 0 Å². The Bertz CT molecular complexity index is 524. The van der Waals surface area contributed by atoms with Gasteiger partial charge in [-0.25, -0.2) is 4.68 Å². The van der Waals surface area contributed by atoms with Crippen molar-refractivity contribution in [2.75, 3.05) is 26.2 Å². The number of rotatable bonds is 4. The summed E-state index contributed by atoms with van der Waals surface area (Å²) in [5.41, 5.74) is 2.17. The minimum Gasteiger partial charge on any atom is -0.314 e. The summed E-state index contributed by atoms with van der Waals surface area (Å²) in [4.78, 5) is 2.40. The summed E-state index contributed by atoms with van der Waals surface area (Å²) in [6.45, 7) is 5.88. The second-order valence-electron chi connectivity index (χ2n) is 4.96. The third kappa shape index (κ3) is 3.18. The van der Waals surface area contributed by atoms with Gasteiger partial charge in [-0.05, 0) is 0 Å². The molecule has 0 bridgehead atoms. The maximum absolute atomic E-state index is 4.24. The molecule has 2 aromatic heterocycles. The predicted molar refractivity (Wildman–Crippen MR) is 70.5 cm³/mol. The minimum absolute atomic E-state index is 0.725. The molecule has 0 amide bonds. The number of hydrogen-bond acceptors (Lipinski definition) is 5. The molecule has 0 saturated carbocycles. The van der Waals surface area contributed by atoms with Crippen LogP contribution in [0.15, 0.2) is 18.6 Å². The van der Waals surface area contributed by atoms with Gasteiger partial charge >= 0.3 is 0 Å². The monoisotopic (exact) mass is 261 g/mol. The number of aromatic nitrogens is 5. The smallest absolute Gasteiger partial charge is 0.0967 e. The van der Waals surface area contributed by atoms with Crippen molar-refractivity contribution in [3.05, 3.63) is 29.8 Å². The highest BCUT2D eigenvalue weighted by molar-refractivity contribution is 5.04. The highest BCUT2D eigenvalue weighted by Crippen LogP contribution is 2.04. The van der Waals surface area contributed by atoms with Gasteiger partial charge in [-0.2, -0.15) is 5.10 Å². The van der Waals surface area contributed by atoms with Crippen LogP contribution in [0.5, 0.6) is 0 Å². The van der Waals surface area contributed by atoms with E-state index in [1.54, 1.807) is 4.68 Å². The lowest BCUT2D eigenvalue weighted by atomic mass is 10.3. The molecule has 19 heavy (non-hydrogen) atoms. The number of nitrogens with zero attached hydrogens (tertiary/aromatic N) is 6. The van der Waals surface area contributed by atoms with E-state index >= 15 is 0 Å². The van der Waals surface area contributed by atoms with Crippen molar-refractivity contribution in [3.8, 4) is 0 Å². The molecule has 1 fully saturated rings.